The molecule has 0 aliphatic heterocycles. The van der Waals surface area contributed by atoms with Crippen LogP contribution in [0, 0.1) is 6.92 Å². The first-order valence-electron chi connectivity index (χ1n) is 12.0. The largest absolute Gasteiger partial charge is 0.395 e. The fourth-order valence-corrected chi connectivity index (χ4v) is 4.82. The van der Waals surface area contributed by atoms with Crippen LogP contribution in [0.2, 0.25) is 0 Å². The van der Waals surface area contributed by atoms with E-state index in [9.17, 15) is 23.4 Å². The lowest BCUT2D eigenvalue weighted by Gasteiger charge is -2.22. The van der Waals surface area contributed by atoms with Crippen molar-refractivity contribution in [3.05, 3.63) is 77.9 Å². The first kappa shape index (κ1) is 28.9. The number of carbonyl (C=O) groups excluding carboxylic acids is 1. The third-order valence-corrected chi connectivity index (χ3v) is 7.72. The number of anilines is 2. The summed E-state index contributed by atoms with van der Waals surface area (Å²) in [5.74, 6) is -0.270. The lowest BCUT2D eigenvalue weighted by Crippen LogP contribution is -2.29. The molecule has 0 spiro atoms. The van der Waals surface area contributed by atoms with Gasteiger partial charge in [0.05, 0.1) is 35.9 Å². The van der Waals surface area contributed by atoms with Crippen LogP contribution in [0.1, 0.15) is 11.1 Å². The average Bonchev–Trinajstić information content (AvgIpc) is 2.89. The lowest BCUT2D eigenvalue weighted by atomic mass is 10.1. The van der Waals surface area contributed by atoms with Gasteiger partial charge >= 0.3 is 0 Å². The number of benzene rings is 3. The first-order valence-corrected chi connectivity index (χ1v) is 13.5. The highest BCUT2D eigenvalue weighted by atomic mass is 32.2. The maximum absolute atomic E-state index is 12.6. The summed E-state index contributed by atoms with van der Waals surface area (Å²) in [7, 11) is -0.693. The summed E-state index contributed by atoms with van der Waals surface area (Å²) in [4.78, 5) is 14.6. The molecule has 0 saturated carbocycles. The SMILES string of the molecule is Cc1ccc(NC(=O)Cc2ccc(N=Nc3ccc(N(CCO)CCO)cc3)cc2)cc1S(=O)(=O)N(C)C. The van der Waals surface area contributed by atoms with Crippen LogP contribution in [0.5, 0.6) is 0 Å². The topological polar surface area (TPSA) is 135 Å². The molecule has 0 aromatic heterocycles. The number of hydrogen-bond donors (Lipinski definition) is 3. The number of amides is 1. The molecule has 3 N–H and O–H groups in total. The molecule has 3 rings (SSSR count). The van der Waals surface area contributed by atoms with E-state index in [0.29, 0.717) is 35.7 Å². The van der Waals surface area contributed by atoms with Crippen molar-refractivity contribution in [2.45, 2.75) is 18.2 Å². The van der Waals surface area contributed by atoms with E-state index in [0.717, 1.165) is 15.6 Å². The Labute approximate surface area is 223 Å². The van der Waals surface area contributed by atoms with Gasteiger partial charge in [-0.3, -0.25) is 4.79 Å². The van der Waals surface area contributed by atoms with Crippen LogP contribution in [0.4, 0.5) is 22.7 Å². The van der Waals surface area contributed by atoms with Crippen LogP contribution in [0.25, 0.3) is 0 Å². The summed E-state index contributed by atoms with van der Waals surface area (Å²) in [5, 5.41) is 29.6. The molecule has 1 amide bonds. The molecule has 0 saturated heterocycles. The van der Waals surface area contributed by atoms with Gasteiger partial charge in [0.2, 0.25) is 15.9 Å². The van der Waals surface area contributed by atoms with Gasteiger partial charge in [-0.1, -0.05) is 18.2 Å². The fourth-order valence-electron chi connectivity index (χ4n) is 3.68. The van der Waals surface area contributed by atoms with E-state index >= 15 is 0 Å². The van der Waals surface area contributed by atoms with Crippen molar-refractivity contribution in [1.82, 2.24) is 4.31 Å². The second kappa shape index (κ2) is 13.2. The summed E-state index contributed by atoms with van der Waals surface area (Å²) in [5.41, 5.74) is 3.93. The predicted molar refractivity (Wildman–Crippen MR) is 148 cm³/mol. The minimum atomic E-state index is -3.62. The molecule has 0 unspecified atom stereocenters. The van der Waals surface area contributed by atoms with Crippen molar-refractivity contribution in [2.75, 3.05) is 50.6 Å². The molecule has 0 bridgehead atoms. The molecule has 3 aromatic rings. The Balaban J connectivity index is 1.60. The van der Waals surface area contributed by atoms with Crippen molar-refractivity contribution in [2.24, 2.45) is 10.2 Å². The van der Waals surface area contributed by atoms with Gasteiger partial charge in [-0.15, -0.1) is 0 Å². The number of aliphatic hydroxyl groups excluding tert-OH is 2. The van der Waals surface area contributed by atoms with Crippen LogP contribution in [0.3, 0.4) is 0 Å². The fraction of sp³-hybridized carbons (Fsp3) is 0.296. The van der Waals surface area contributed by atoms with E-state index in [2.05, 4.69) is 15.5 Å². The highest BCUT2D eigenvalue weighted by Gasteiger charge is 2.20. The van der Waals surface area contributed by atoms with Crippen LogP contribution in [0.15, 0.2) is 81.9 Å². The number of carbonyl (C=O) groups is 1. The average molecular weight is 540 g/mol. The summed E-state index contributed by atoms with van der Waals surface area (Å²) in [6, 6.07) is 19.2. The van der Waals surface area contributed by atoms with Crippen molar-refractivity contribution >= 4 is 38.7 Å². The molecule has 0 aliphatic rings. The zero-order chi connectivity index (χ0) is 27.7. The van der Waals surface area contributed by atoms with Gasteiger partial charge < -0.3 is 20.4 Å². The van der Waals surface area contributed by atoms with Gasteiger partial charge in [0, 0.05) is 38.6 Å². The third-order valence-electron chi connectivity index (χ3n) is 5.77. The van der Waals surface area contributed by atoms with E-state index < -0.39 is 10.0 Å². The Bertz CT molecular complexity index is 1350. The molecule has 11 heteroatoms. The van der Waals surface area contributed by atoms with Gasteiger partial charge in [-0.25, -0.2) is 12.7 Å². The number of azo groups is 1. The predicted octanol–water partition coefficient (Wildman–Crippen LogP) is 3.63. The maximum atomic E-state index is 12.6. The number of sulfonamides is 1. The molecular weight excluding hydrogens is 506 g/mol. The normalized spacial score (nSPS) is 11.7. The molecule has 3 aromatic carbocycles. The van der Waals surface area contributed by atoms with E-state index in [4.69, 9.17) is 0 Å². The second-order valence-corrected chi connectivity index (χ2v) is 10.9. The molecule has 10 nitrogen and oxygen atoms in total. The number of aliphatic hydroxyl groups is 2. The number of hydrogen-bond acceptors (Lipinski definition) is 8. The number of aryl methyl sites for hydroxylation is 1. The molecule has 0 aliphatic carbocycles. The number of nitrogens with one attached hydrogen (secondary N) is 1. The van der Waals surface area contributed by atoms with Gasteiger partial charge in [-0.05, 0) is 66.6 Å². The third kappa shape index (κ3) is 7.68. The smallest absolute Gasteiger partial charge is 0.242 e. The standard InChI is InChI=1S/C27H33N5O5S/c1-20-4-7-24(19-26(20)38(36,37)31(2)3)28-27(35)18-21-5-8-22(9-6-21)29-30-23-10-12-25(13-11-23)32(14-16-33)15-17-34/h4-13,19,33-34H,14-18H2,1-3H3,(H,28,35). The van der Waals surface area contributed by atoms with Crippen LogP contribution in [-0.2, 0) is 21.2 Å². The lowest BCUT2D eigenvalue weighted by molar-refractivity contribution is -0.115. The quantitative estimate of drug-likeness (QED) is 0.301. The first-order chi connectivity index (χ1) is 18.1. The van der Waals surface area contributed by atoms with Crippen LogP contribution >= 0.6 is 0 Å². The Hall–Kier alpha value is -3.64. The Morgan fingerprint density at radius 3 is 1.95 bits per heavy atom. The van der Waals surface area contributed by atoms with Gasteiger partial charge in [-0.2, -0.15) is 10.2 Å². The second-order valence-electron chi connectivity index (χ2n) is 8.81. The zero-order valence-electron chi connectivity index (χ0n) is 21.7. The molecular formula is C27H33N5O5S. The van der Waals surface area contributed by atoms with Crippen molar-refractivity contribution < 1.29 is 23.4 Å². The van der Waals surface area contributed by atoms with Gasteiger partial charge in [0.15, 0.2) is 0 Å². The highest BCUT2D eigenvalue weighted by molar-refractivity contribution is 7.89. The molecule has 202 valence electrons. The van der Waals surface area contributed by atoms with Crippen molar-refractivity contribution in [1.29, 1.82) is 0 Å². The van der Waals surface area contributed by atoms with Gasteiger partial charge in [0.1, 0.15) is 0 Å². The van der Waals surface area contributed by atoms with Crippen LogP contribution < -0.4 is 10.2 Å². The molecule has 0 atom stereocenters. The minimum absolute atomic E-state index is 0.00685. The molecule has 0 heterocycles. The molecule has 38 heavy (non-hydrogen) atoms. The highest BCUT2D eigenvalue weighted by Crippen LogP contribution is 2.24. The summed E-state index contributed by atoms with van der Waals surface area (Å²) >= 11 is 0. The summed E-state index contributed by atoms with van der Waals surface area (Å²) in [6.07, 6.45) is 0.112. The van der Waals surface area contributed by atoms with E-state index in [-0.39, 0.29) is 30.4 Å². The Morgan fingerprint density at radius 2 is 1.42 bits per heavy atom. The monoisotopic (exact) mass is 539 g/mol. The minimum Gasteiger partial charge on any atom is -0.395 e. The molecule has 0 fully saturated rings. The van der Waals surface area contributed by atoms with E-state index in [1.165, 1.54) is 20.2 Å². The number of rotatable bonds is 12. The summed E-state index contributed by atoms with van der Waals surface area (Å²) < 4.78 is 26.2. The maximum Gasteiger partial charge on any atom is 0.242 e. The van der Waals surface area contributed by atoms with Crippen LogP contribution in [-0.4, -0.2) is 69.2 Å². The van der Waals surface area contributed by atoms with Gasteiger partial charge in [0.25, 0.3) is 0 Å². The zero-order valence-corrected chi connectivity index (χ0v) is 22.5. The van der Waals surface area contributed by atoms with E-state index in [1.807, 2.05) is 17.0 Å². The Kier molecular flexibility index (Phi) is 10.1. The van der Waals surface area contributed by atoms with Crippen molar-refractivity contribution in [3.8, 4) is 0 Å². The van der Waals surface area contributed by atoms with Crippen molar-refractivity contribution in [3.63, 3.8) is 0 Å². The number of nitrogens with zero attached hydrogens (tertiary/aromatic N) is 4. The molecule has 0 radical (unpaired) electrons. The van der Waals surface area contributed by atoms with E-state index in [1.54, 1.807) is 55.5 Å². The Morgan fingerprint density at radius 1 is 0.868 bits per heavy atom. The summed E-state index contributed by atoms with van der Waals surface area (Å²) in [6.45, 7) is 2.55.